The molecule has 2 heterocycles. The SMILES string of the molecule is c1cnn(-c2ccc(NCC3CCC3)cn2)c1. The summed E-state index contributed by atoms with van der Waals surface area (Å²) < 4.78 is 1.76. The second-order valence-corrected chi connectivity index (χ2v) is 4.53. The van der Waals surface area contributed by atoms with E-state index in [0.29, 0.717) is 0 Å². The first kappa shape index (κ1) is 10.3. The third kappa shape index (κ3) is 2.30. The minimum atomic E-state index is 0.851. The van der Waals surface area contributed by atoms with Crippen molar-refractivity contribution in [3.63, 3.8) is 0 Å². The summed E-state index contributed by atoms with van der Waals surface area (Å²) in [6.45, 7) is 1.07. The molecule has 0 spiro atoms. The van der Waals surface area contributed by atoms with Crippen molar-refractivity contribution in [2.24, 2.45) is 5.92 Å². The Morgan fingerprint density at radius 1 is 1.35 bits per heavy atom. The van der Waals surface area contributed by atoms with Crippen molar-refractivity contribution in [1.29, 1.82) is 0 Å². The normalized spacial score (nSPS) is 15.5. The van der Waals surface area contributed by atoms with Crippen LogP contribution >= 0.6 is 0 Å². The Kier molecular flexibility index (Phi) is 2.78. The standard InChI is InChI=1S/C13H16N4/c1-3-11(4-1)9-14-12-5-6-13(15-10-12)17-8-2-7-16-17/h2,5-8,10-11,14H,1,3-4,9H2. The molecule has 1 N–H and O–H groups in total. The Balaban J connectivity index is 1.63. The third-order valence-electron chi connectivity index (χ3n) is 3.31. The minimum absolute atomic E-state index is 0.851. The fourth-order valence-corrected chi connectivity index (χ4v) is 1.99. The molecule has 2 aromatic heterocycles. The van der Waals surface area contributed by atoms with E-state index in [2.05, 4.69) is 21.5 Å². The molecule has 1 saturated carbocycles. The summed E-state index contributed by atoms with van der Waals surface area (Å²) in [5.41, 5.74) is 1.09. The second kappa shape index (κ2) is 4.57. The lowest BCUT2D eigenvalue weighted by atomic mass is 9.85. The first-order valence-electron chi connectivity index (χ1n) is 6.12. The van der Waals surface area contributed by atoms with Gasteiger partial charge in [0.15, 0.2) is 5.82 Å². The van der Waals surface area contributed by atoms with Crippen LogP contribution in [0.4, 0.5) is 5.69 Å². The van der Waals surface area contributed by atoms with Gasteiger partial charge in [-0.05, 0) is 37.0 Å². The lowest BCUT2D eigenvalue weighted by Crippen LogP contribution is -2.20. The smallest absolute Gasteiger partial charge is 0.153 e. The van der Waals surface area contributed by atoms with Crippen LogP contribution < -0.4 is 5.32 Å². The zero-order valence-electron chi connectivity index (χ0n) is 9.71. The van der Waals surface area contributed by atoms with Crippen molar-refractivity contribution in [2.45, 2.75) is 19.3 Å². The highest BCUT2D eigenvalue weighted by molar-refractivity contribution is 5.43. The van der Waals surface area contributed by atoms with Gasteiger partial charge in [-0.25, -0.2) is 9.67 Å². The van der Waals surface area contributed by atoms with Gasteiger partial charge in [-0.1, -0.05) is 6.42 Å². The van der Waals surface area contributed by atoms with Crippen LogP contribution in [0.5, 0.6) is 0 Å². The molecule has 0 radical (unpaired) electrons. The highest BCUT2D eigenvalue weighted by Gasteiger charge is 2.16. The Morgan fingerprint density at radius 3 is 2.88 bits per heavy atom. The summed E-state index contributed by atoms with van der Waals surface area (Å²) in [6.07, 6.45) is 9.64. The molecule has 0 bridgehead atoms. The van der Waals surface area contributed by atoms with E-state index >= 15 is 0 Å². The van der Waals surface area contributed by atoms with Gasteiger partial charge in [0.05, 0.1) is 11.9 Å². The fourth-order valence-electron chi connectivity index (χ4n) is 1.99. The van der Waals surface area contributed by atoms with Crippen LogP contribution in [0.3, 0.4) is 0 Å². The van der Waals surface area contributed by atoms with Crippen molar-refractivity contribution in [3.05, 3.63) is 36.8 Å². The van der Waals surface area contributed by atoms with Crippen LogP contribution in [0.2, 0.25) is 0 Å². The number of hydrogen-bond donors (Lipinski definition) is 1. The first-order valence-corrected chi connectivity index (χ1v) is 6.12. The van der Waals surface area contributed by atoms with Gasteiger partial charge in [-0.2, -0.15) is 5.10 Å². The number of hydrogen-bond acceptors (Lipinski definition) is 3. The molecule has 0 saturated heterocycles. The molecule has 1 aliphatic carbocycles. The van der Waals surface area contributed by atoms with E-state index < -0.39 is 0 Å². The van der Waals surface area contributed by atoms with Crippen molar-refractivity contribution in [2.75, 3.05) is 11.9 Å². The average Bonchev–Trinajstić information content (AvgIpc) is 2.81. The maximum atomic E-state index is 4.38. The van der Waals surface area contributed by atoms with E-state index in [1.807, 2.05) is 24.5 Å². The number of anilines is 1. The molecule has 0 atom stereocenters. The summed E-state index contributed by atoms with van der Waals surface area (Å²) in [4.78, 5) is 4.38. The van der Waals surface area contributed by atoms with Crippen LogP contribution in [0.15, 0.2) is 36.8 Å². The number of rotatable bonds is 4. The van der Waals surface area contributed by atoms with Gasteiger partial charge in [0.2, 0.25) is 0 Å². The van der Waals surface area contributed by atoms with E-state index in [4.69, 9.17) is 0 Å². The van der Waals surface area contributed by atoms with E-state index in [1.165, 1.54) is 19.3 Å². The molecule has 2 aromatic rings. The van der Waals surface area contributed by atoms with Gasteiger partial charge in [0.1, 0.15) is 0 Å². The Hall–Kier alpha value is -1.84. The molecule has 1 aliphatic rings. The van der Waals surface area contributed by atoms with Crippen molar-refractivity contribution < 1.29 is 0 Å². The maximum Gasteiger partial charge on any atom is 0.153 e. The lowest BCUT2D eigenvalue weighted by Gasteiger charge is -2.25. The lowest BCUT2D eigenvalue weighted by molar-refractivity contribution is 0.333. The summed E-state index contributed by atoms with van der Waals surface area (Å²) in [5.74, 6) is 1.71. The Bertz CT molecular complexity index is 457. The highest BCUT2D eigenvalue weighted by Crippen LogP contribution is 2.26. The molecule has 3 rings (SSSR count). The number of aromatic nitrogens is 3. The summed E-state index contributed by atoms with van der Waals surface area (Å²) in [6, 6.07) is 5.93. The molecule has 4 nitrogen and oxygen atoms in total. The van der Waals surface area contributed by atoms with Crippen LogP contribution in [-0.2, 0) is 0 Å². The van der Waals surface area contributed by atoms with E-state index in [-0.39, 0.29) is 0 Å². The summed E-state index contributed by atoms with van der Waals surface area (Å²) in [7, 11) is 0. The molecule has 88 valence electrons. The number of pyridine rings is 1. The van der Waals surface area contributed by atoms with Gasteiger partial charge in [-0.3, -0.25) is 0 Å². The quantitative estimate of drug-likeness (QED) is 0.874. The first-order chi connectivity index (χ1) is 8.42. The van der Waals surface area contributed by atoms with E-state index in [1.54, 1.807) is 10.9 Å². The molecular formula is C13H16N4. The van der Waals surface area contributed by atoms with Crippen molar-refractivity contribution >= 4 is 5.69 Å². The second-order valence-electron chi connectivity index (χ2n) is 4.53. The van der Waals surface area contributed by atoms with E-state index in [9.17, 15) is 0 Å². The van der Waals surface area contributed by atoms with Crippen molar-refractivity contribution in [3.8, 4) is 5.82 Å². The van der Waals surface area contributed by atoms with Gasteiger partial charge in [-0.15, -0.1) is 0 Å². The van der Waals surface area contributed by atoms with Gasteiger partial charge in [0, 0.05) is 18.9 Å². The monoisotopic (exact) mass is 228 g/mol. The molecule has 17 heavy (non-hydrogen) atoms. The van der Waals surface area contributed by atoms with Crippen LogP contribution in [0.25, 0.3) is 5.82 Å². The van der Waals surface area contributed by atoms with Gasteiger partial charge in [0.25, 0.3) is 0 Å². The molecule has 4 heteroatoms. The predicted molar refractivity (Wildman–Crippen MR) is 67.2 cm³/mol. The number of nitrogens with zero attached hydrogens (tertiary/aromatic N) is 3. The van der Waals surface area contributed by atoms with E-state index in [0.717, 1.165) is 24.0 Å². The zero-order valence-corrected chi connectivity index (χ0v) is 9.71. The Labute approximate surface area is 101 Å². The zero-order chi connectivity index (χ0) is 11.5. The van der Waals surface area contributed by atoms with Crippen LogP contribution in [-0.4, -0.2) is 21.3 Å². The molecule has 0 aliphatic heterocycles. The molecule has 0 aromatic carbocycles. The average molecular weight is 228 g/mol. The largest absolute Gasteiger partial charge is 0.384 e. The number of nitrogens with one attached hydrogen (secondary N) is 1. The van der Waals surface area contributed by atoms with Crippen molar-refractivity contribution in [1.82, 2.24) is 14.8 Å². The Morgan fingerprint density at radius 2 is 2.29 bits per heavy atom. The maximum absolute atomic E-state index is 4.38. The summed E-state index contributed by atoms with van der Waals surface area (Å²) in [5, 5.41) is 7.57. The predicted octanol–water partition coefficient (Wildman–Crippen LogP) is 2.48. The third-order valence-corrected chi connectivity index (χ3v) is 3.31. The minimum Gasteiger partial charge on any atom is -0.384 e. The highest BCUT2D eigenvalue weighted by atomic mass is 15.3. The van der Waals surface area contributed by atoms with Crippen LogP contribution in [0, 0.1) is 5.92 Å². The van der Waals surface area contributed by atoms with Gasteiger partial charge < -0.3 is 5.32 Å². The fraction of sp³-hybridized carbons (Fsp3) is 0.385. The molecule has 0 amide bonds. The molecule has 0 unspecified atom stereocenters. The topological polar surface area (TPSA) is 42.7 Å². The van der Waals surface area contributed by atoms with Crippen LogP contribution in [0.1, 0.15) is 19.3 Å². The summed E-state index contributed by atoms with van der Waals surface area (Å²) >= 11 is 0. The van der Waals surface area contributed by atoms with Gasteiger partial charge >= 0.3 is 0 Å². The molecular weight excluding hydrogens is 212 g/mol. The molecule has 1 fully saturated rings.